The molecule has 1 N–H and O–H groups in total. The van der Waals surface area contributed by atoms with Crippen LogP contribution in [0.2, 0.25) is 0 Å². The maximum atomic E-state index is 12.0. The Labute approximate surface area is 118 Å². The molecule has 0 saturated carbocycles. The Morgan fingerprint density at radius 2 is 1.67 bits per heavy atom. The number of hydrogen-bond donors (Lipinski definition) is 1. The zero-order valence-electron chi connectivity index (χ0n) is 10.7. The number of ether oxygens (including phenoxy) is 1. The summed E-state index contributed by atoms with van der Waals surface area (Å²) < 4.78 is 40.7. The first kappa shape index (κ1) is 14.9. The molecule has 0 amide bonds. The topological polar surface area (TPSA) is 46.5 Å². The number of aromatic carboxylic acids is 1. The Bertz CT molecular complexity index is 633. The molecule has 110 valence electrons. The van der Waals surface area contributed by atoms with Gasteiger partial charge in [0.05, 0.1) is 5.56 Å². The standard InChI is InChI=1S/C15H11F3O3/c16-15(17,18)9-21-11-7-5-10(6-8-11)12-3-1-2-4-13(12)14(19)20/h1-8H,9H2,(H,19,20). The monoisotopic (exact) mass is 296 g/mol. The van der Waals surface area contributed by atoms with Crippen molar-refractivity contribution < 1.29 is 27.8 Å². The third kappa shape index (κ3) is 3.98. The second-order valence-corrected chi connectivity index (χ2v) is 4.28. The first-order chi connectivity index (χ1) is 9.87. The van der Waals surface area contributed by atoms with Crippen LogP contribution >= 0.6 is 0 Å². The number of halogens is 3. The number of hydrogen-bond acceptors (Lipinski definition) is 2. The van der Waals surface area contributed by atoms with Gasteiger partial charge < -0.3 is 9.84 Å². The number of rotatable bonds is 4. The second kappa shape index (κ2) is 5.87. The largest absolute Gasteiger partial charge is 0.484 e. The second-order valence-electron chi connectivity index (χ2n) is 4.28. The molecule has 0 aliphatic carbocycles. The lowest BCUT2D eigenvalue weighted by atomic mass is 10.00. The van der Waals surface area contributed by atoms with Crippen LogP contribution in [0.1, 0.15) is 10.4 Å². The summed E-state index contributed by atoms with van der Waals surface area (Å²) in [7, 11) is 0. The summed E-state index contributed by atoms with van der Waals surface area (Å²) in [5, 5.41) is 9.11. The Balaban J connectivity index is 2.22. The summed E-state index contributed by atoms with van der Waals surface area (Å²) >= 11 is 0. The average molecular weight is 296 g/mol. The molecule has 0 aliphatic rings. The molecule has 0 saturated heterocycles. The van der Waals surface area contributed by atoms with Crippen molar-refractivity contribution in [2.24, 2.45) is 0 Å². The van der Waals surface area contributed by atoms with E-state index in [9.17, 15) is 18.0 Å². The van der Waals surface area contributed by atoms with Crippen LogP contribution in [0.4, 0.5) is 13.2 Å². The number of carboxylic acid groups (broad SMARTS) is 1. The van der Waals surface area contributed by atoms with E-state index in [4.69, 9.17) is 5.11 Å². The number of carboxylic acids is 1. The van der Waals surface area contributed by atoms with Crippen LogP contribution in [0.5, 0.6) is 5.75 Å². The van der Waals surface area contributed by atoms with Crippen molar-refractivity contribution in [1.82, 2.24) is 0 Å². The molecule has 0 bridgehead atoms. The third-order valence-electron chi connectivity index (χ3n) is 2.73. The Hall–Kier alpha value is -2.50. The van der Waals surface area contributed by atoms with Gasteiger partial charge in [0, 0.05) is 0 Å². The fourth-order valence-corrected chi connectivity index (χ4v) is 1.82. The lowest BCUT2D eigenvalue weighted by Gasteiger charge is -2.10. The summed E-state index contributed by atoms with van der Waals surface area (Å²) in [4.78, 5) is 11.1. The molecule has 3 nitrogen and oxygen atoms in total. The van der Waals surface area contributed by atoms with E-state index in [0.717, 1.165) is 0 Å². The van der Waals surface area contributed by atoms with E-state index in [2.05, 4.69) is 4.74 Å². The molecule has 0 fully saturated rings. The summed E-state index contributed by atoms with van der Waals surface area (Å²) in [5.41, 5.74) is 1.21. The van der Waals surface area contributed by atoms with E-state index in [1.54, 1.807) is 18.2 Å². The first-order valence-corrected chi connectivity index (χ1v) is 5.99. The first-order valence-electron chi connectivity index (χ1n) is 5.99. The fraction of sp³-hybridized carbons (Fsp3) is 0.133. The van der Waals surface area contributed by atoms with Crippen LogP contribution in [0, 0.1) is 0 Å². The normalized spacial score (nSPS) is 11.2. The molecule has 0 unspecified atom stereocenters. The van der Waals surface area contributed by atoms with E-state index in [1.165, 1.54) is 30.3 Å². The molecule has 2 aromatic carbocycles. The highest BCUT2D eigenvalue weighted by Crippen LogP contribution is 2.26. The minimum absolute atomic E-state index is 0.0730. The molecule has 0 atom stereocenters. The van der Waals surface area contributed by atoms with Crippen LogP contribution in [0.25, 0.3) is 11.1 Å². The highest BCUT2D eigenvalue weighted by Gasteiger charge is 2.28. The van der Waals surface area contributed by atoms with Crippen LogP contribution < -0.4 is 4.74 Å². The Morgan fingerprint density at radius 1 is 1.05 bits per heavy atom. The van der Waals surface area contributed by atoms with Crippen molar-refractivity contribution in [1.29, 1.82) is 0 Å². The molecule has 0 heterocycles. The van der Waals surface area contributed by atoms with Gasteiger partial charge in [0.2, 0.25) is 0 Å². The SMILES string of the molecule is O=C(O)c1ccccc1-c1ccc(OCC(F)(F)F)cc1. The maximum Gasteiger partial charge on any atom is 0.422 e. The molecule has 6 heteroatoms. The van der Waals surface area contributed by atoms with Gasteiger partial charge in [-0.05, 0) is 29.3 Å². The van der Waals surface area contributed by atoms with Gasteiger partial charge in [0.1, 0.15) is 5.75 Å². The van der Waals surface area contributed by atoms with E-state index >= 15 is 0 Å². The van der Waals surface area contributed by atoms with E-state index < -0.39 is 18.8 Å². The van der Waals surface area contributed by atoms with Gasteiger partial charge in [-0.2, -0.15) is 13.2 Å². The Kier molecular flexibility index (Phi) is 4.16. The van der Waals surface area contributed by atoms with Gasteiger partial charge in [-0.15, -0.1) is 0 Å². The van der Waals surface area contributed by atoms with E-state index in [0.29, 0.717) is 11.1 Å². The van der Waals surface area contributed by atoms with E-state index in [1.807, 2.05) is 0 Å². The van der Waals surface area contributed by atoms with Gasteiger partial charge in [-0.25, -0.2) is 4.79 Å². The molecule has 21 heavy (non-hydrogen) atoms. The van der Waals surface area contributed by atoms with E-state index in [-0.39, 0.29) is 11.3 Å². The van der Waals surface area contributed by atoms with Crippen LogP contribution in [-0.2, 0) is 0 Å². The molecular weight excluding hydrogens is 285 g/mol. The molecule has 0 aromatic heterocycles. The van der Waals surface area contributed by atoms with Crippen molar-refractivity contribution in [3.05, 3.63) is 54.1 Å². The van der Waals surface area contributed by atoms with Crippen molar-refractivity contribution in [3.8, 4) is 16.9 Å². The minimum atomic E-state index is -4.39. The number of alkyl halides is 3. The van der Waals surface area contributed by atoms with Crippen molar-refractivity contribution in [2.75, 3.05) is 6.61 Å². The van der Waals surface area contributed by atoms with Gasteiger partial charge in [0.25, 0.3) is 0 Å². The van der Waals surface area contributed by atoms with Crippen molar-refractivity contribution in [3.63, 3.8) is 0 Å². The molecule has 2 aromatic rings. The van der Waals surface area contributed by atoms with Crippen LogP contribution in [-0.4, -0.2) is 23.9 Å². The molecule has 0 radical (unpaired) electrons. The highest BCUT2D eigenvalue weighted by atomic mass is 19.4. The summed E-state index contributed by atoms with van der Waals surface area (Å²) in [6, 6.07) is 12.2. The average Bonchev–Trinajstić information content (AvgIpc) is 2.45. The molecule has 2 rings (SSSR count). The Morgan fingerprint density at radius 3 is 2.24 bits per heavy atom. The smallest absolute Gasteiger partial charge is 0.422 e. The van der Waals surface area contributed by atoms with Gasteiger partial charge in [-0.1, -0.05) is 30.3 Å². The molecular formula is C15H11F3O3. The predicted molar refractivity (Wildman–Crippen MR) is 70.4 cm³/mol. The predicted octanol–water partition coefficient (Wildman–Crippen LogP) is 3.99. The lowest BCUT2D eigenvalue weighted by Crippen LogP contribution is -2.19. The van der Waals surface area contributed by atoms with Crippen LogP contribution in [0.3, 0.4) is 0 Å². The zero-order valence-corrected chi connectivity index (χ0v) is 10.7. The van der Waals surface area contributed by atoms with Crippen molar-refractivity contribution in [2.45, 2.75) is 6.18 Å². The molecule has 0 aliphatic heterocycles. The fourth-order valence-electron chi connectivity index (χ4n) is 1.82. The third-order valence-corrected chi connectivity index (χ3v) is 2.73. The van der Waals surface area contributed by atoms with Crippen molar-refractivity contribution >= 4 is 5.97 Å². The zero-order chi connectivity index (χ0) is 15.5. The number of carbonyl (C=O) groups is 1. The minimum Gasteiger partial charge on any atom is -0.484 e. The lowest BCUT2D eigenvalue weighted by molar-refractivity contribution is -0.153. The number of benzene rings is 2. The summed E-state index contributed by atoms with van der Waals surface area (Å²) in [5.74, 6) is -0.994. The van der Waals surface area contributed by atoms with Gasteiger partial charge >= 0.3 is 12.1 Å². The summed E-state index contributed by atoms with van der Waals surface area (Å²) in [6.45, 7) is -1.36. The van der Waals surface area contributed by atoms with Gasteiger partial charge in [-0.3, -0.25) is 0 Å². The summed E-state index contributed by atoms with van der Waals surface area (Å²) in [6.07, 6.45) is -4.39. The quantitative estimate of drug-likeness (QED) is 0.927. The maximum absolute atomic E-state index is 12.0. The highest BCUT2D eigenvalue weighted by molar-refractivity contribution is 5.96. The van der Waals surface area contributed by atoms with Crippen LogP contribution in [0.15, 0.2) is 48.5 Å². The van der Waals surface area contributed by atoms with Gasteiger partial charge in [0.15, 0.2) is 6.61 Å². The molecule has 0 spiro atoms.